The van der Waals surface area contributed by atoms with Crippen molar-refractivity contribution in [2.45, 2.75) is 12.6 Å². The topological polar surface area (TPSA) is 124 Å². The van der Waals surface area contributed by atoms with Crippen molar-refractivity contribution >= 4 is 28.1 Å². The van der Waals surface area contributed by atoms with Crippen LogP contribution in [0.15, 0.2) is 59.4 Å². The molecule has 1 aliphatic rings. The molecular weight excluding hydrogens is 432 g/mol. The van der Waals surface area contributed by atoms with Crippen LogP contribution in [0.25, 0.3) is 11.0 Å². The van der Waals surface area contributed by atoms with Gasteiger partial charge in [-0.2, -0.15) is 9.50 Å². The van der Waals surface area contributed by atoms with Crippen LogP contribution in [-0.4, -0.2) is 26.1 Å². The Morgan fingerprint density at radius 2 is 2.09 bits per heavy atom. The maximum absolute atomic E-state index is 12.9. The zero-order valence-corrected chi connectivity index (χ0v) is 17.5. The van der Waals surface area contributed by atoms with Crippen LogP contribution in [0.1, 0.15) is 17.4 Å². The lowest BCUT2D eigenvalue weighted by Crippen LogP contribution is -2.27. The molecule has 2 unspecified atom stereocenters. The van der Waals surface area contributed by atoms with Gasteiger partial charge in [0, 0.05) is 24.6 Å². The van der Waals surface area contributed by atoms with E-state index in [1.807, 2.05) is 42.5 Å². The smallest absolute Gasteiger partial charge is 0.290 e. The number of nitro groups is 1. The van der Waals surface area contributed by atoms with Gasteiger partial charge >= 0.3 is 0 Å². The number of thiazole rings is 1. The Balaban J connectivity index is 1.39. The van der Waals surface area contributed by atoms with Gasteiger partial charge in [0.1, 0.15) is 12.4 Å². The van der Waals surface area contributed by atoms with Crippen molar-refractivity contribution in [3.8, 4) is 5.75 Å². The molecule has 2 aromatic carbocycles. The number of non-ortho nitro benzene ring substituents is 1. The van der Waals surface area contributed by atoms with Crippen LogP contribution in [0.2, 0.25) is 0 Å². The van der Waals surface area contributed by atoms with E-state index < -0.39 is 4.92 Å². The molecule has 1 saturated heterocycles. The quantitative estimate of drug-likeness (QED) is 0.335. The highest BCUT2D eigenvalue weighted by molar-refractivity contribution is 7.15. The summed E-state index contributed by atoms with van der Waals surface area (Å²) in [5.74, 6) is 1.06. The Bertz CT molecular complexity index is 1390. The first-order valence-corrected chi connectivity index (χ1v) is 10.7. The van der Waals surface area contributed by atoms with Gasteiger partial charge in [0.05, 0.1) is 15.5 Å². The van der Waals surface area contributed by atoms with E-state index in [-0.39, 0.29) is 29.8 Å². The van der Waals surface area contributed by atoms with E-state index in [9.17, 15) is 14.9 Å². The predicted molar refractivity (Wildman–Crippen MR) is 118 cm³/mol. The minimum atomic E-state index is -0.417. The van der Waals surface area contributed by atoms with Crippen molar-refractivity contribution in [3.05, 3.63) is 91.0 Å². The Kier molecular flexibility index (Phi) is 5.35. The first kappa shape index (κ1) is 20.2. The number of hydrogen-bond acceptors (Lipinski definition) is 9. The molecule has 32 heavy (non-hydrogen) atoms. The molecule has 5 rings (SSSR count). The summed E-state index contributed by atoms with van der Waals surface area (Å²) >= 11 is 1.26. The van der Waals surface area contributed by atoms with E-state index in [1.165, 1.54) is 21.9 Å². The lowest BCUT2D eigenvalue weighted by molar-refractivity contribution is -0.384. The van der Waals surface area contributed by atoms with Gasteiger partial charge in [-0.1, -0.05) is 47.7 Å². The number of hydrogen-bond donors (Lipinski definition) is 2. The molecule has 3 heterocycles. The average molecular weight is 450 g/mol. The third-order valence-electron chi connectivity index (χ3n) is 5.17. The van der Waals surface area contributed by atoms with Gasteiger partial charge in [0.25, 0.3) is 11.2 Å². The summed E-state index contributed by atoms with van der Waals surface area (Å²) in [5, 5.41) is 15.4. The number of benzene rings is 2. The van der Waals surface area contributed by atoms with Gasteiger partial charge in [-0.25, -0.2) is 5.43 Å². The van der Waals surface area contributed by atoms with Gasteiger partial charge in [0.15, 0.2) is 5.82 Å². The van der Waals surface area contributed by atoms with Gasteiger partial charge in [-0.05, 0) is 17.7 Å². The summed E-state index contributed by atoms with van der Waals surface area (Å²) in [6, 6.07) is 15.6. The summed E-state index contributed by atoms with van der Waals surface area (Å²) in [4.78, 5) is 28.5. The van der Waals surface area contributed by atoms with Crippen molar-refractivity contribution in [3.63, 3.8) is 0 Å². The Labute approximate surface area is 185 Å². The second kappa shape index (κ2) is 8.46. The van der Waals surface area contributed by atoms with Crippen LogP contribution in [0.5, 0.6) is 5.75 Å². The molecule has 4 aromatic rings. The SMILES string of the molecule is O=c1/c(=C/C2CNNC2c2cccc([N+](=O)[O-])c2)sc2nc(COc3ccccc3)nn12. The van der Waals surface area contributed by atoms with Crippen molar-refractivity contribution in [1.82, 2.24) is 25.4 Å². The number of aromatic nitrogens is 3. The first-order chi connectivity index (χ1) is 15.6. The van der Waals surface area contributed by atoms with Gasteiger partial charge in [-0.3, -0.25) is 20.3 Å². The van der Waals surface area contributed by atoms with Gasteiger partial charge in [0.2, 0.25) is 4.96 Å². The van der Waals surface area contributed by atoms with E-state index in [2.05, 4.69) is 20.9 Å². The van der Waals surface area contributed by atoms with E-state index in [0.29, 0.717) is 27.6 Å². The van der Waals surface area contributed by atoms with E-state index in [1.54, 1.807) is 12.1 Å². The van der Waals surface area contributed by atoms with Crippen molar-refractivity contribution in [2.75, 3.05) is 6.54 Å². The number of nitrogens with zero attached hydrogens (tertiary/aromatic N) is 4. The Morgan fingerprint density at radius 3 is 2.88 bits per heavy atom. The van der Waals surface area contributed by atoms with Gasteiger partial charge in [-0.15, -0.1) is 5.10 Å². The third-order valence-corrected chi connectivity index (χ3v) is 6.14. The van der Waals surface area contributed by atoms with Crippen LogP contribution in [-0.2, 0) is 6.61 Å². The van der Waals surface area contributed by atoms with E-state index in [0.717, 1.165) is 5.56 Å². The normalized spacial score (nSPS) is 18.9. The van der Waals surface area contributed by atoms with Crippen LogP contribution < -0.4 is 25.7 Å². The number of nitro benzene ring substituents is 1. The zero-order chi connectivity index (χ0) is 22.1. The summed E-state index contributed by atoms with van der Waals surface area (Å²) < 4.78 is 7.47. The highest BCUT2D eigenvalue weighted by Crippen LogP contribution is 2.28. The molecule has 0 saturated carbocycles. The highest BCUT2D eigenvalue weighted by atomic mass is 32.1. The second-order valence-corrected chi connectivity index (χ2v) is 8.29. The number of ether oxygens (including phenoxy) is 1. The average Bonchev–Trinajstić information content (AvgIpc) is 3.50. The predicted octanol–water partition coefficient (Wildman–Crippen LogP) is 1.60. The summed E-state index contributed by atoms with van der Waals surface area (Å²) in [7, 11) is 0. The van der Waals surface area contributed by atoms with Crippen LogP contribution in [0.3, 0.4) is 0 Å². The summed E-state index contributed by atoms with van der Waals surface area (Å²) in [6.07, 6.45) is 1.88. The van der Waals surface area contributed by atoms with Crippen molar-refractivity contribution < 1.29 is 9.66 Å². The summed E-state index contributed by atoms with van der Waals surface area (Å²) in [6.45, 7) is 0.749. The van der Waals surface area contributed by atoms with E-state index >= 15 is 0 Å². The molecule has 11 heteroatoms. The number of hydrazine groups is 1. The minimum Gasteiger partial charge on any atom is -0.486 e. The molecule has 2 atom stereocenters. The molecule has 0 aliphatic carbocycles. The molecular formula is C21H18N6O4S. The fourth-order valence-corrected chi connectivity index (χ4v) is 4.61. The molecule has 0 bridgehead atoms. The lowest BCUT2D eigenvalue weighted by Gasteiger charge is -2.15. The lowest BCUT2D eigenvalue weighted by atomic mass is 9.94. The first-order valence-electron chi connectivity index (χ1n) is 9.89. The molecule has 1 aliphatic heterocycles. The largest absolute Gasteiger partial charge is 0.486 e. The standard InChI is InChI=1S/C21H18N6O4S/c28-20-17(10-14-11-22-24-19(14)13-5-4-6-15(9-13)27(29)30)32-21-23-18(25-26(20)21)12-31-16-7-2-1-3-8-16/h1-10,14,19,22,24H,11-12H2/b17-10-. The Morgan fingerprint density at radius 1 is 1.25 bits per heavy atom. The molecule has 2 aromatic heterocycles. The molecule has 0 amide bonds. The maximum atomic E-state index is 12.9. The maximum Gasteiger partial charge on any atom is 0.290 e. The third kappa shape index (κ3) is 3.96. The number of para-hydroxylation sites is 1. The van der Waals surface area contributed by atoms with Crippen molar-refractivity contribution in [2.24, 2.45) is 5.92 Å². The molecule has 0 spiro atoms. The summed E-state index contributed by atoms with van der Waals surface area (Å²) in [5.41, 5.74) is 6.78. The molecule has 0 radical (unpaired) electrons. The van der Waals surface area contributed by atoms with Crippen LogP contribution in [0, 0.1) is 16.0 Å². The highest BCUT2D eigenvalue weighted by Gasteiger charge is 2.28. The number of nitrogens with one attached hydrogen (secondary N) is 2. The Hall–Kier alpha value is -3.67. The molecule has 162 valence electrons. The number of fused-ring (bicyclic) bond motifs is 1. The van der Waals surface area contributed by atoms with Gasteiger partial charge < -0.3 is 4.74 Å². The molecule has 10 nitrogen and oxygen atoms in total. The molecule has 1 fully saturated rings. The molecule has 2 N–H and O–H groups in total. The zero-order valence-electron chi connectivity index (χ0n) is 16.7. The second-order valence-electron chi connectivity index (χ2n) is 7.28. The van der Waals surface area contributed by atoms with Crippen LogP contribution in [0.4, 0.5) is 5.69 Å². The minimum absolute atomic E-state index is 0.0310. The monoisotopic (exact) mass is 450 g/mol. The van der Waals surface area contributed by atoms with E-state index in [4.69, 9.17) is 4.74 Å². The fraction of sp³-hybridized carbons (Fsp3) is 0.190. The fourth-order valence-electron chi connectivity index (χ4n) is 3.64. The number of rotatable bonds is 6. The van der Waals surface area contributed by atoms with Crippen LogP contribution >= 0.6 is 11.3 Å². The van der Waals surface area contributed by atoms with Crippen molar-refractivity contribution in [1.29, 1.82) is 0 Å².